The van der Waals surface area contributed by atoms with E-state index in [2.05, 4.69) is 0 Å². The van der Waals surface area contributed by atoms with Crippen LogP contribution in [0.1, 0.15) is 23.7 Å². The summed E-state index contributed by atoms with van der Waals surface area (Å²) in [4.78, 5) is 23.6. The lowest BCUT2D eigenvalue weighted by Crippen LogP contribution is -2.43. The molecule has 0 bridgehead atoms. The van der Waals surface area contributed by atoms with Gasteiger partial charge in [0.2, 0.25) is 5.91 Å². The quantitative estimate of drug-likeness (QED) is 0.447. The molecule has 1 amide bonds. The minimum atomic E-state index is -0.849. The Hall–Kier alpha value is -1.88. The van der Waals surface area contributed by atoms with Gasteiger partial charge in [-0.15, -0.1) is 0 Å². The summed E-state index contributed by atoms with van der Waals surface area (Å²) in [5.41, 5.74) is 1.71. The molecule has 1 atom stereocenters. The fraction of sp³-hybridized carbons (Fsp3) is 0.333. The van der Waals surface area contributed by atoms with Gasteiger partial charge in [-0.1, -0.05) is 12.1 Å². The van der Waals surface area contributed by atoms with Gasteiger partial charge in [-0.2, -0.15) is 0 Å². The van der Waals surface area contributed by atoms with Crippen LogP contribution >= 0.6 is 0 Å². The molecule has 0 saturated carbocycles. The summed E-state index contributed by atoms with van der Waals surface area (Å²) >= 11 is 0. The SMILES string of the molecule is CC1(CC(=O)NN)COc2ccccc2C1=O. The summed E-state index contributed by atoms with van der Waals surface area (Å²) < 4.78 is 5.51. The molecule has 1 heterocycles. The first kappa shape index (κ1) is 11.6. The number of amides is 1. The molecular formula is C12H14N2O3. The number of nitrogens with one attached hydrogen (secondary N) is 1. The van der Waals surface area contributed by atoms with Crippen LogP contribution in [0.25, 0.3) is 0 Å². The van der Waals surface area contributed by atoms with Crippen molar-refractivity contribution in [1.29, 1.82) is 0 Å². The van der Waals surface area contributed by atoms with Crippen LogP contribution in [-0.2, 0) is 4.79 Å². The largest absolute Gasteiger partial charge is 0.492 e. The number of hydrazine groups is 1. The van der Waals surface area contributed by atoms with Crippen molar-refractivity contribution in [2.75, 3.05) is 6.61 Å². The number of ketones is 1. The molecule has 0 saturated heterocycles. The second-order valence-electron chi connectivity index (χ2n) is 4.42. The number of hydrogen-bond donors (Lipinski definition) is 2. The molecule has 1 unspecified atom stereocenters. The summed E-state index contributed by atoms with van der Waals surface area (Å²) in [5.74, 6) is 5.16. The van der Waals surface area contributed by atoms with Gasteiger partial charge in [0, 0.05) is 6.42 Å². The van der Waals surface area contributed by atoms with Crippen molar-refractivity contribution >= 4 is 11.7 Å². The molecule has 1 aliphatic heterocycles. The van der Waals surface area contributed by atoms with E-state index in [0.717, 1.165) is 0 Å². The molecule has 0 aliphatic carbocycles. The second kappa shape index (κ2) is 4.18. The molecule has 3 N–H and O–H groups in total. The van der Waals surface area contributed by atoms with Crippen LogP contribution < -0.4 is 16.0 Å². The Balaban J connectivity index is 2.30. The van der Waals surface area contributed by atoms with Crippen LogP contribution in [0.15, 0.2) is 24.3 Å². The number of carbonyl (C=O) groups is 2. The number of ether oxygens (including phenoxy) is 1. The van der Waals surface area contributed by atoms with Crippen molar-refractivity contribution < 1.29 is 14.3 Å². The van der Waals surface area contributed by atoms with E-state index in [-0.39, 0.29) is 24.7 Å². The summed E-state index contributed by atoms with van der Waals surface area (Å²) in [5, 5.41) is 0. The van der Waals surface area contributed by atoms with E-state index in [1.165, 1.54) is 0 Å². The smallest absolute Gasteiger partial charge is 0.235 e. The zero-order valence-electron chi connectivity index (χ0n) is 9.53. The third-order valence-corrected chi connectivity index (χ3v) is 2.94. The Bertz CT molecular complexity index is 473. The van der Waals surface area contributed by atoms with Crippen molar-refractivity contribution in [3.8, 4) is 5.75 Å². The number of nitrogens with two attached hydrogens (primary N) is 1. The predicted molar refractivity (Wildman–Crippen MR) is 61.3 cm³/mol. The normalized spacial score (nSPS) is 22.6. The van der Waals surface area contributed by atoms with E-state index in [4.69, 9.17) is 10.6 Å². The van der Waals surface area contributed by atoms with Crippen LogP contribution in [0.3, 0.4) is 0 Å². The standard InChI is InChI=1S/C12H14N2O3/c1-12(6-10(15)14-13)7-17-9-5-3-2-4-8(9)11(12)16/h2-5H,6-7,13H2,1H3,(H,14,15). The summed E-state index contributed by atoms with van der Waals surface area (Å²) in [6, 6.07) is 7.03. The Morgan fingerprint density at radius 2 is 2.24 bits per heavy atom. The number of carbonyl (C=O) groups excluding carboxylic acids is 2. The van der Waals surface area contributed by atoms with E-state index >= 15 is 0 Å². The van der Waals surface area contributed by atoms with E-state index in [1.807, 2.05) is 5.43 Å². The maximum Gasteiger partial charge on any atom is 0.235 e. The van der Waals surface area contributed by atoms with Gasteiger partial charge < -0.3 is 4.74 Å². The number of para-hydroxylation sites is 1. The lowest BCUT2D eigenvalue weighted by molar-refractivity contribution is -0.123. The van der Waals surface area contributed by atoms with E-state index < -0.39 is 5.41 Å². The van der Waals surface area contributed by atoms with Crippen LogP contribution in [0.4, 0.5) is 0 Å². The number of fused-ring (bicyclic) bond motifs is 1. The Morgan fingerprint density at radius 3 is 2.94 bits per heavy atom. The predicted octanol–water partition coefficient (Wildman–Crippen LogP) is 0.648. The summed E-state index contributed by atoms with van der Waals surface area (Å²) in [6.45, 7) is 1.90. The highest BCUT2D eigenvalue weighted by Crippen LogP contribution is 2.36. The fourth-order valence-electron chi connectivity index (χ4n) is 1.94. The monoisotopic (exact) mass is 234 g/mol. The third-order valence-electron chi connectivity index (χ3n) is 2.94. The van der Waals surface area contributed by atoms with Gasteiger partial charge in [0.05, 0.1) is 11.0 Å². The second-order valence-corrected chi connectivity index (χ2v) is 4.42. The number of rotatable bonds is 2. The highest BCUT2D eigenvalue weighted by molar-refractivity contribution is 6.05. The average Bonchev–Trinajstić information content (AvgIpc) is 2.34. The van der Waals surface area contributed by atoms with E-state index in [0.29, 0.717) is 11.3 Å². The molecule has 0 aromatic heterocycles. The zero-order chi connectivity index (χ0) is 12.5. The van der Waals surface area contributed by atoms with Crippen LogP contribution in [0, 0.1) is 5.41 Å². The van der Waals surface area contributed by atoms with Crippen LogP contribution in [0.5, 0.6) is 5.75 Å². The van der Waals surface area contributed by atoms with Gasteiger partial charge in [0.25, 0.3) is 0 Å². The number of hydrogen-bond acceptors (Lipinski definition) is 4. The molecule has 90 valence electrons. The Labute approximate surface area is 98.9 Å². The Kier molecular flexibility index (Phi) is 2.85. The summed E-state index contributed by atoms with van der Waals surface area (Å²) in [6.07, 6.45) is 0.0245. The van der Waals surface area contributed by atoms with Crippen molar-refractivity contribution in [3.63, 3.8) is 0 Å². The minimum absolute atomic E-state index is 0.0245. The van der Waals surface area contributed by atoms with Crippen molar-refractivity contribution in [2.45, 2.75) is 13.3 Å². The van der Waals surface area contributed by atoms with Gasteiger partial charge >= 0.3 is 0 Å². The molecule has 1 aromatic carbocycles. The van der Waals surface area contributed by atoms with Crippen molar-refractivity contribution in [3.05, 3.63) is 29.8 Å². The summed E-state index contributed by atoms with van der Waals surface area (Å²) in [7, 11) is 0. The molecule has 0 spiro atoms. The molecule has 1 aromatic rings. The number of Topliss-reactive ketones (excluding diaryl/α,β-unsaturated/α-hetero) is 1. The van der Waals surface area contributed by atoms with Gasteiger partial charge in [-0.3, -0.25) is 15.0 Å². The number of benzene rings is 1. The van der Waals surface area contributed by atoms with Crippen LogP contribution in [-0.4, -0.2) is 18.3 Å². The highest BCUT2D eigenvalue weighted by atomic mass is 16.5. The topological polar surface area (TPSA) is 81.4 Å². The van der Waals surface area contributed by atoms with E-state index in [1.54, 1.807) is 31.2 Å². The molecule has 1 aliphatic rings. The van der Waals surface area contributed by atoms with Crippen molar-refractivity contribution in [1.82, 2.24) is 5.43 Å². The minimum Gasteiger partial charge on any atom is -0.492 e. The fourth-order valence-corrected chi connectivity index (χ4v) is 1.94. The van der Waals surface area contributed by atoms with Gasteiger partial charge in [0.15, 0.2) is 5.78 Å². The molecular weight excluding hydrogens is 220 g/mol. The maximum absolute atomic E-state index is 12.3. The maximum atomic E-state index is 12.3. The van der Waals surface area contributed by atoms with Gasteiger partial charge in [-0.25, -0.2) is 5.84 Å². The average molecular weight is 234 g/mol. The highest BCUT2D eigenvalue weighted by Gasteiger charge is 2.41. The molecule has 5 nitrogen and oxygen atoms in total. The molecule has 5 heteroatoms. The van der Waals surface area contributed by atoms with Crippen LogP contribution in [0.2, 0.25) is 0 Å². The third kappa shape index (κ3) is 2.01. The molecule has 2 rings (SSSR count). The van der Waals surface area contributed by atoms with Gasteiger partial charge in [0.1, 0.15) is 12.4 Å². The molecule has 0 radical (unpaired) electrons. The first-order valence-electron chi connectivity index (χ1n) is 5.33. The molecule has 17 heavy (non-hydrogen) atoms. The first-order valence-corrected chi connectivity index (χ1v) is 5.33. The zero-order valence-corrected chi connectivity index (χ0v) is 9.53. The first-order chi connectivity index (χ1) is 8.07. The Morgan fingerprint density at radius 1 is 1.53 bits per heavy atom. The lowest BCUT2D eigenvalue weighted by Gasteiger charge is -2.32. The lowest BCUT2D eigenvalue weighted by atomic mass is 9.78. The van der Waals surface area contributed by atoms with Gasteiger partial charge in [-0.05, 0) is 19.1 Å². The van der Waals surface area contributed by atoms with E-state index in [9.17, 15) is 9.59 Å². The van der Waals surface area contributed by atoms with Crippen molar-refractivity contribution in [2.24, 2.45) is 11.3 Å². The molecule has 0 fully saturated rings.